The number of carbonyl (C=O) groups is 1. The molecule has 0 radical (unpaired) electrons. The number of carboxylic acids is 1. The molecule has 7 nitrogen and oxygen atoms in total. The lowest BCUT2D eigenvalue weighted by molar-refractivity contribution is 0.0698. The van der Waals surface area contributed by atoms with Crippen LogP contribution in [0.15, 0.2) is 24.5 Å². The van der Waals surface area contributed by atoms with E-state index in [1.54, 1.807) is 26.1 Å². The average Bonchev–Trinajstić information content (AvgIpc) is 2.88. The highest BCUT2D eigenvalue weighted by molar-refractivity contribution is 6.05. The first kappa shape index (κ1) is 15.9. The van der Waals surface area contributed by atoms with Gasteiger partial charge in [0.15, 0.2) is 11.6 Å². The molecule has 2 aromatic heterocycles. The quantitative estimate of drug-likeness (QED) is 0.665. The Balaban J connectivity index is 2.04. The van der Waals surface area contributed by atoms with Crippen LogP contribution in [-0.4, -0.2) is 33.1 Å². The van der Waals surface area contributed by atoms with Crippen LogP contribution < -0.4 is 10.1 Å². The van der Waals surface area contributed by atoms with Gasteiger partial charge in [0.25, 0.3) is 0 Å². The van der Waals surface area contributed by atoms with Gasteiger partial charge in [0, 0.05) is 23.8 Å². The second-order valence-corrected chi connectivity index (χ2v) is 5.21. The van der Waals surface area contributed by atoms with E-state index in [9.17, 15) is 14.3 Å². The van der Waals surface area contributed by atoms with Crippen LogP contribution in [0.25, 0.3) is 10.9 Å². The molecule has 0 bridgehead atoms. The van der Waals surface area contributed by atoms with Gasteiger partial charge in [-0.25, -0.2) is 19.2 Å². The number of aromatic amines is 1. The van der Waals surface area contributed by atoms with E-state index in [4.69, 9.17) is 4.74 Å². The molecule has 3 rings (SSSR count). The monoisotopic (exact) mass is 330 g/mol. The number of nitrogens with one attached hydrogen (secondary N) is 2. The smallest absolute Gasteiger partial charge is 0.338 e. The van der Waals surface area contributed by atoms with Crippen molar-refractivity contribution < 1.29 is 19.0 Å². The number of halogens is 1. The Kier molecular flexibility index (Phi) is 4.13. The molecular weight excluding hydrogens is 315 g/mol. The number of hydrogen-bond donors (Lipinski definition) is 3. The molecule has 1 aromatic carbocycles. The molecule has 0 unspecified atom stereocenters. The molecule has 0 atom stereocenters. The number of aryl methyl sites for hydroxylation is 1. The minimum Gasteiger partial charge on any atom is -0.478 e. The number of carboxylic acid groups (broad SMARTS) is 1. The number of ether oxygens (including phenoxy) is 1. The lowest BCUT2D eigenvalue weighted by Gasteiger charge is -2.08. The maximum Gasteiger partial charge on any atom is 0.338 e. The van der Waals surface area contributed by atoms with E-state index >= 15 is 0 Å². The van der Waals surface area contributed by atoms with E-state index in [1.807, 2.05) is 0 Å². The summed E-state index contributed by atoms with van der Waals surface area (Å²) >= 11 is 0. The highest BCUT2D eigenvalue weighted by Gasteiger charge is 2.21. The fourth-order valence-electron chi connectivity index (χ4n) is 2.53. The SMILES string of the molecule is CNCc1cc(Oc2ccc3[nH]c(C)c(C(=O)O)c3c2F)ncn1. The van der Waals surface area contributed by atoms with Crippen LogP contribution in [0.2, 0.25) is 0 Å². The van der Waals surface area contributed by atoms with Gasteiger partial charge >= 0.3 is 5.97 Å². The van der Waals surface area contributed by atoms with Crippen LogP contribution in [0.5, 0.6) is 11.6 Å². The Morgan fingerprint density at radius 1 is 1.42 bits per heavy atom. The van der Waals surface area contributed by atoms with Crippen molar-refractivity contribution in [3.63, 3.8) is 0 Å². The highest BCUT2D eigenvalue weighted by Crippen LogP contribution is 2.32. The van der Waals surface area contributed by atoms with E-state index in [1.165, 1.54) is 12.4 Å². The first-order valence-corrected chi connectivity index (χ1v) is 7.18. The van der Waals surface area contributed by atoms with Crippen molar-refractivity contribution in [3.05, 3.63) is 47.3 Å². The molecule has 0 saturated carbocycles. The number of aromatic carboxylic acids is 1. The van der Waals surface area contributed by atoms with Crippen molar-refractivity contribution >= 4 is 16.9 Å². The summed E-state index contributed by atoms with van der Waals surface area (Å²) in [6.45, 7) is 2.10. The standard InChI is InChI=1S/C16H15FN4O3/c1-8-13(16(22)23)14-10(21-8)3-4-11(15(14)17)24-12-5-9(6-18-2)19-7-20-12/h3-5,7,18,21H,6H2,1-2H3,(H,22,23). The first-order valence-electron chi connectivity index (χ1n) is 7.18. The fraction of sp³-hybridized carbons (Fsp3) is 0.188. The molecule has 0 saturated heterocycles. The zero-order valence-corrected chi connectivity index (χ0v) is 13.1. The zero-order chi connectivity index (χ0) is 17.3. The minimum absolute atomic E-state index is 0.0120. The summed E-state index contributed by atoms with van der Waals surface area (Å²) < 4.78 is 20.3. The Morgan fingerprint density at radius 3 is 2.92 bits per heavy atom. The van der Waals surface area contributed by atoms with Gasteiger partial charge in [-0.05, 0) is 26.1 Å². The summed E-state index contributed by atoms with van der Waals surface area (Å²) in [5, 5.41) is 12.2. The Labute approximate surface area is 136 Å². The fourth-order valence-corrected chi connectivity index (χ4v) is 2.53. The number of H-pyrrole nitrogens is 1. The molecule has 24 heavy (non-hydrogen) atoms. The second kappa shape index (κ2) is 6.25. The van der Waals surface area contributed by atoms with Crippen LogP contribution in [-0.2, 0) is 6.54 Å². The Hall–Kier alpha value is -3.00. The first-order chi connectivity index (χ1) is 11.5. The predicted molar refractivity (Wildman–Crippen MR) is 84.8 cm³/mol. The third-order valence-corrected chi connectivity index (χ3v) is 3.54. The van der Waals surface area contributed by atoms with Crippen molar-refractivity contribution in [2.45, 2.75) is 13.5 Å². The molecule has 124 valence electrons. The van der Waals surface area contributed by atoms with E-state index in [0.29, 0.717) is 23.4 Å². The van der Waals surface area contributed by atoms with Crippen molar-refractivity contribution in [2.75, 3.05) is 7.05 Å². The van der Waals surface area contributed by atoms with Gasteiger partial charge in [0.2, 0.25) is 5.88 Å². The van der Waals surface area contributed by atoms with Gasteiger partial charge in [0.05, 0.1) is 16.6 Å². The molecule has 0 aliphatic carbocycles. The van der Waals surface area contributed by atoms with Crippen molar-refractivity contribution in [1.82, 2.24) is 20.3 Å². The third-order valence-electron chi connectivity index (χ3n) is 3.54. The predicted octanol–water partition coefficient (Wildman–Crippen LogP) is 2.62. The third kappa shape index (κ3) is 2.79. The molecule has 0 spiro atoms. The van der Waals surface area contributed by atoms with E-state index in [2.05, 4.69) is 20.3 Å². The van der Waals surface area contributed by atoms with Gasteiger partial charge in [-0.15, -0.1) is 0 Å². The van der Waals surface area contributed by atoms with Gasteiger partial charge in [-0.3, -0.25) is 0 Å². The minimum atomic E-state index is -1.20. The molecule has 8 heteroatoms. The number of rotatable bonds is 5. The number of nitrogens with zero attached hydrogens (tertiary/aromatic N) is 2. The summed E-state index contributed by atoms with van der Waals surface area (Å²) in [5.41, 5.74) is 1.36. The van der Waals surface area contributed by atoms with E-state index in [-0.39, 0.29) is 22.6 Å². The summed E-state index contributed by atoms with van der Waals surface area (Å²) in [7, 11) is 1.78. The zero-order valence-electron chi connectivity index (χ0n) is 13.1. The number of fused-ring (bicyclic) bond motifs is 1. The summed E-state index contributed by atoms with van der Waals surface area (Å²) in [4.78, 5) is 22.2. The number of aromatic nitrogens is 3. The second-order valence-electron chi connectivity index (χ2n) is 5.21. The molecule has 0 amide bonds. The molecule has 3 N–H and O–H groups in total. The highest BCUT2D eigenvalue weighted by atomic mass is 19.1. The normalized spacial score (nSPS) is 11.0. The van der Waals surface area contributed by atoms with E-state index in [0.717, 1.165) is 0 Å². The lowest BCUT2D eigenvalue weighted by Crippen LogP contribution is -2.07. The van der Waals surface area contributed by atoms with Crippen molar-refractivity contribution in [2.24, 2.45) is 0 Å². The molecule has 0 fully saturated rings. The number of benzene rings is 1. The molecule has 0 aliphatic rings. The summed E-state index contributed by atoms with van der Waals surface area (Å²) in [6, 6.07) is 4.59. The average molecular weight is 330 g/mol. The van der Waals surface area contributed by atoms with Crippen molar-refractivity contribution in [3.8, 4) is 11.6 Å². The van der Waals surface area contributed by atoms with Gasteiger partial charge in [-0.1, -0.05) is 0 Å². The largest absolute Gasteiger partial charge is 0.478 e. The maximum atomic E-state index is 14.8. The van der Waals surface area contributed by atoms with Crippen molar-refractivity contribution in [1.29, 1.82) is 0 Å². The summed E-state index contributed by atoms with van der Waals surface area (Å²) in [6.07, 6.45) is 1.32. The number of hydrogen-bond acceptors (Lipinski definition) is 5. The van der Waals surface area contributed by atoms with Gasteiger partial charge in [-0.2, -0.15) is 0 Å². The van der Waals surface area contributed by atoms with Crippen LogP contribution in [0, 0.1) is 12.7 Å². The molecule has 2 heterocycles. The Morgan fingerprint density at radius 2 is 2.21 bits per heavy atom. The lowest BCUT2D eigenvalue weighted by atomic mass is 10.1. The van der Waals surface area contributed by atoms with Crippen LogP contribution in [0.4, 0.5) is 4.39 Å². The van der Waals surface area contributed by atoms with Gasteiger partial charge in [0.1, 0.15) is 6.33 Å². The molecular formula is C16H15FN4O3. The Bertz CT molecular complexity index is 923. The van der Waals surface area contributed by atoms with Crippen LogP contribution in [0.1, 0.15) is 21.7 Å². The summed E-state index contributed by atoms with van der Waals surface area (Å²) in [5.74, 6) is -1.87. The molecule has 0 aliphatic heterocycles. The van der Waals surface area contributed by atoms with Crippen LogP contribution in [0.3, 0.4) is 0 Å². The topological polar surface area (TPSA) is 100 Å². The van der Waals surface area contributed by atoms with Crippen LogP contribution >= 0.6 is 0 Å². The molecule has 3 aromatic rings. The van der Waals surface area contributed by atoms with E-state index < -0.39 is 11.8 Å². The van der Waals surface area contributed by atoms with Gasteiger partial charge < -0.3 is 20.1 Å². The maximum absolute atomic E-state index is 14.8.